The summed E-state index contributed by atoms with van der Waals surface area (Å²) in [6, 6.07) is 3.91. The number of rotatable bonds is 3. The van der Waals surface area contributed by atoms with E-state index in [1.807, 2.05) is 39.8 Å². The molecule has 1 aromatic rings. The van der Waals surface area contributed by atoms with Crippen LogP contribution in [0, 0.1) is 0 Å². The quantitative estimate of drug-likeness (QED) is 0.857. The van der Waals surface area contributed by atoms with E-state index in [1.54, 1.807) is 11.1 Å². The van der Waals surface area contributed by atoms with Gasteiger partial charge in [0.1, 0.15) is 5.60 Å². The molecule has 2 rings (SSSR count). The van der Waals surface area contributed by atoms with Gasteiger partial charge in [-0.25, -0.2) is 9.78 Å². The average Bonchev–Trinajstić information content (AvgIpc) is 2.46. The number of carbonyl (C=O) groups is 1. The van der Waals surface area contributed by atoms with Crippen molar-refractivity contribution < 1.29 is 14.3 Å². The van der Waals surface area contributed by atoms with E-state index in [9.17, 15) is 4.79 Å². The average molecular weight is 304 g/mol. The van der Waals surface area contributed by atoms with Gasteiger partial charge in [0.15, 0.2) is 0 Å². The fourth-order valence-corrected chi connectivity index (χ4v) is 2.26. The zero-order valence-corrected chi connectivity index (χ0v) is 13.8. The van der Waals surface area contributed by atoms with Crippen molar-refractivity contribution in [3.8, 4) is 5.88 Å². The lowest BCUT2D eigenvalue weighted by Crippen LogP contribution is -2.39. The van der Waals surface area contributed by atoms with Crippen LogP contribution in [-0.4, -0.2) is 41.3 Å². The normalized spacial score (nSPS) is 15.3. The van der Waals surface area contributed by atoms with Crippen molar-refractivity contribution in [2.45, 2.75) is 39.7 Å². The molecule has 0 bridgehead atoms. The Kier molecular flexibility index (Phi) is 5.06. The first-order valence-corrected chi connectivity index (χ1v) is 7.65. The fraction of sp³-hybridized carbons (Fsp3) is 0.529. The Morgan fingerprint density at radius 2 is 2.18 bits per heavy atom. The molecule has 22 heavy (non-hydrogen) atoms. The third kappa shape index (κ3) is 4.48. The molecule has 0 unspecified atom stereocenters. The molecule has 1 amide bonds. The molecule has 120 valence electrons. The number of nitrogens with zero attached hydrogens (tertiary/aromatic N) is 2. The molecular formula is C17H24N2O3. The number of pyridine rings is 1. The predicted molar refractivity (Wildman–Crippen MR) is 85.8 cm³/mol. The summed E-state index contributed by atoms with van der Waals surface area (Å²) < 4.78 is 10.8. The van der Waals surface area contributed by atoms with Crippen molar-refractivity contribution in [1.29, 1.82) is 0 Å². The Morgan fingerprint density at radius 3 is 2.77 bits per heavy atom. The van der Waals surface area contributed by atoms with E-state index in [-0.39, 0.29) is 6.09 Å². The van der Waals surface area contributed by atoms with Crippen LogP contribution in [0.1, 0.15) is 39.7 Å². The Labute approximate surface area is 131 Å². The highest BCUT2D eigenvalue weighted by atomic mass is 16.6. The van der Waals surface area contributed by atoms with Crippen molar-refractivity contribution in [3.63, 3.8) is 0 Å². The Hall–Kier alpha value is -2.04. The van der Waals surface area contributed by atoms with Crippen molar-refractivity contribution in [1.82, 2.24) is 9.88 Å². The van der Waals surface area contributed by atoms with Gasteiger partial charge < -0.3 is 14.4 Å². The molecule has 1 aromatic heterocycles. The minimum absolute atomic E-state index is 0.257. The smallest absolute Gasteiger partial charge is 0.410 e. The lowest BCUT2D eigenvalue weighted by atomic mass is 10.0. The first-order valence-electron chi connectivity index (χ1n) is 7.65. The zero-order chi connectivity index (χ0) is 16.2. The van der Waals surface area contributed by atoms with Crippen molar-refractivity contribution in [2.24, 2.45) is 0 Å². The number of hydrogen-bond donors (Lipinski definition) is 0. The van der Waals surface area contributed by atoms with Crippen LogP contribution in [0.15, 0.2) is 24.4 Å². The van der Waals surface area contributed by atoms with Crippen LogP contribution in [0.25, 0.3) is 5.57 Å². The molecule has 1 aliphatic heterocycles. The molecule has 0 saturated carbocycles. The van der Waals surface area contributed by atoms with E-state index >= 15 is 0 Å². The number of carbonyl (C=O) groups excluding carboxylic acids is 1. The molecule has 0 saturated heterocycles. The van der Waals surface area contributed by atoms with Gasteiger partial charge in [-0.1, -0.05) is 6.08 Å². The second-order valence-electron chi connectivity index (χ2n) is 6.22. The van der Waals surface area contributed by atoms with Crippen LogP contribution in [0.4, 0.5) is 4.79 Å². The minimum atomic E-state index is -0.460. The molecule has 0 spiro atoms. The fourth-order valence-electron chi connectivity index (χ4n) is 2.26. The van der Waals surface area contributed by atoms with E-state index in [0.29, 0.717) is 25.6 Å². The van der Waals surface area contributed by atoms with Gasteiger partial charge in [-0.2, -0.15) is 0 Å². The topological polar surface area (TPSA) is 51.7 Å². The highest BCUT2D eigenvalue weighted by Crippen LogP contribution is 2.25. The molecule has 0 aromatic carbocycles. The summed E-state index contributed by atoms with van der Waals surface area (Å²) in [6.07, 6.45) is 4.36. The molecule has 1 aliphatic rings. The van der Waals surface area contributed by atoms with Gasteiger partial charge in [0.25, 0.3) is 0 Å². The van der Waals surface area contributed by atoms with Gasteiger partial charge in [-0.05, 0) is 51.3 Å². The second kappa shape index (κ2) is 6.81. The standard InChI is InChI=1S/C17H24N2O3/c1-5-21-15-12-14(6-9-18-15)13-7-10-19(11-8-13)16(20)22-17(2,3)4/h6-7,9,12H,5,8,10-11H2,1-4H3. The number of ether oxygens (including phenoxy) is 2. The first-order chi connectivity index (χ1) is 10.4. The predicted octanol–water partition coefficient (Wildman–Crippen LogP) is 3.50. The summed E-state index contributed by atoms with van der Waals surface area (Å²) in [6.45, 7) is 9.39. The van der Waals surface area contributed by atoms with Crippen LogP contribution in [-0.2, 0) is 4.74 Å². The molecule has 0 N–H and O–H groups in total. The maximum atomic E-state index is 12.0. The highest BCUT2D eigenvalue weighted by Gasteiger charge is 2.23. The second-order valence-corrected chi connectivity index (χ2v) is 6.22. The monoisotopic (exact) mass is 304 g/mol. The lowest BCUT2D eigenvalue weighted by Gasteiger charge is -2.29. The van der Waals surface area contributed by atoms with Crippen molar-refractivity contribution in [2.75, 3.05) is 19.7 Å². The van der Waals surface area contributed by atoms with Gasteiger partial charge in [-0.3, -0.25) is 0 Å². The molecule has 0 atom stereocenters. The van der Waals surface area contributed by atoms with Crippen molar-refractivity contribution >= 4 is 11.7 Å². The van der Waals surface area contributed by atoms with E-state index < -0.39 is 5.60 Å². The van der Waals surface area contributed by atoms with Crippen LogP contribution in [0.3, 0.4) is 0 Å². The van der Waals surface area contributed by atoms with E-state index in [2.05, 4.69) is 11.1 Å². The van der Waals surface area contributed by atoms with E-state index in [0.717, 1.165) is 12.0 Å². The molecule has 5 heteroatoms. The largest absolute Gasteiger partial charge is 0.478 e. The number of hydrogen-bond acceptors (Lipinski definition) is 4. The summed E-state index contributed by atoms with van der Waals surface area (Å²) in [5.41, 5.74) is 1.85. The summed E-state index contributed by atoms with van der Waals surface area (Å²) in [4.78, 5) is 17.9. The van der Waals surface area contributed by atoms with Gasteiger partial charge in [0, 0.05) is 25.4 Å². The maximum Gasteiger partial charge on any atom is 0.410 e. The summed E-state index contributed by atoms with van der Waals surface area (Å²) in [5, 5.41) is 0. The van der Waals surface area contributed by atoms with Crippen LogP contribution >= 0.6 is 0 Å². The summed E-state index contributed by atoms with van der Waals surface area (Å²) >= 11 is 0. The van der Waals surface area contributed by atoms with E-state index in [4.69, 9.17) is 9.47 Å². The van der Waals surface area contributed by atoms with Gasteiger partial charge >= 0.3 is 6.09 Å². The Bertz CT molecular complexity index is 561. The third-order valence-corrected chi connectivity index (χ3v) is 3.26. The van der Waals surface area contributed by atoms with E-state index in [1.165, 1.54) is 5.57 Å². The third-order valence-electron chi connectivity index (χ3n) is 3.26. The number of amides is 1. The zero-order valence-electron chi connectivity index (χ0n) is 13.8. The first kappa shape index (κ1) is 16.3. The summed E-state index contributed by atoms with van der Waals surface area (Å²) in [7, 11) is 0. The van der Waals surface area contributed by atoms with Gasteiger partial charge in [0.05, 0.1) is 6.61 Å². The van der Waals surface area contributed by atoms with Gasteiger partial charge in [-0.15, -0.1) is 0 Å². The van der Waals surface area contributed by atoms with Crippen LogP contribution in [0.5, 0.6) is 5.88 Å². The molecule has 2 heterocycles. The minimum Gasteiger partial charge on any atom is -0.478 e. The Morgan fingerprint density at radius 1 is 1.41 bits per heavy atom. The van der Waals surface area contributed by atoms with Crippen LogP contribution in [0.2, 0.25) is 0 Å². The molecule has 0 radical (unpaired) electrons. The summed E-state index contributed by atoms with van der Waals surface area (Å²) in [5.74, 6) is 0.635. The maximum absolute atomic E-state index is 12.0. The molecule has 0 aliphatic carbocycles. The molecular weight excluding hydrogens is 280 g/mol. The molecule has 5 nitrogen and oxygen atoms in total. The SMILES string of the molecule is CCOc1cc(C2=CCN(C(=O)OC(C)(C)C)CC2)ccn1. The molecule has 0 fully saturated rings. The Balaban J connectivity index is 2.02. The van der Waals surface area contributed by atoms with Crippen molar-refractivity contribution in [3.05, 3.63) is 30.0 Å². The van der Waals surface area contributed by atoms with Crippen LogP contribution < -0.4 is 4.74 Å². The lowest BCUT2D eigenvalue weighted by molar-refractivity contribution is 0.0270. The number of aromatic nitrogens is 1. The van der Waals surface area contributed by atoms with Gasteiger partial charge in [0.2, 0.25) is 5.88 Å². The highest BCUT2D eigenvalue weighted by molar-refractivity contribution is 5.72.